The summed E-state index contributed by atoms with van der Waals surface area (Å²) in [7, 11) is -3.45. The molecule has 1 aromatic carbocycles. The van der Waals surface area contributed by atoms with Crippen molar-refractivity contribution in [3.63, 3.8) is 0 Å². The third-order valence-corrected chi connectivity index (χ3v) is 3.95. The van der Waals surface area contributed by atoms with E-state index in [4.69, 9.17) is 11.0 Å². The normalized spacial score (nSPS) is 12.5. The van der Waals surface area contributed by atoms with Gasteiger partial charge in [0.2, 0.25) is 5.91 Å². The van der Waals surface area contributed by atoms with Crippen LogP contribution in [0.1, 0.15) is 12.5 Å². The third kappa shape index (κ3) is 3.21. The van der Waals surface area contributed by atoms with Crippen LogP contribution in [0.5, 0.6) is 0 Å². The Bertz CT molecular complexity index is 617. The molecule has 0 aliphatic carbocycles. The fourth-order valence-corrected chi connectivity index (χ4v) is 1.62. The second kappa shape index (κ2) is 5.06. The molecule has 6 nitrogen and oxygen atoms in total. The number of nitrogens with zero attached hydrogens (tertiary/aromatic N) is 1. The summed E-state index contributed by atoms with van der Waals surface area (Å²) in [6.07, 6.45) is 0.985. The molecule has 1 aromatic rings. The minimum absolute atomic E-state index is 0.211. The quantitative estimate of drug-likeness (QED) is 0.775. The molecule has 18 heavy (non-hydrogen) atoms. The van der Waals surface area contributed by atoms with Crippen molar-refractivity contribution < 1.29 is 13.2 Å². The SMILES string of the molecule is CC(C(=O)Nc1ccc(C#N)cc1N)S(C)(=O)=O. The Kier molecular flexibility index (Phi) is 3.93. The Balaban J connectivity index is 2.93. The predicted molar refractivity (Wildman–Crippen MR) is 68.5 cm³/mol. The minimum atomic E-state index is -3.45. The predicted octanol–water partition coefficient (Wildman–Crippen LogP) is 0.512. The van der Waals surface area contributed by atoms with Crippen LogP contribution in [0.15, 0.2) is 18.2 Å². The summed E-state index contributed by atoms with van der Waals surface area (Å²) in [5, 5.41) is 9.91. The van der Waals surface area contributed by atoms with Crippen LogP contribution in [0.25, 0.3) is 0 Å². The summed E-state index contributed by atoms with van der Waals surface area (Å²) in [4.78, 5) is 11.7. The molecule has 0 aliphatic rings. The number of benzene rings is 1. The molecule has 1 atom stereocenters. The molecule has 0 bridgehead atoms. The maximum atomic E-state index is 11.7. The van der Waals surface area contributed by atoms with E-state index < -0.39 is 21.0 Å². The van der Waals surface area contributed by atoms with Crippen LogP contribution in [0, 0.1) is 11.3 Å². The number of nitrogens with two attached hydrogens (primary N) is 1. The van der Waals surface area contributed by atoms with Crippen LogP contribution >= 0.6 is 0 Å². The van der Waals surface area contributed by atoms with Gasteiger partial charge in [0.05, 0.1) is 23.0 Å². The minimum Gasteiger partial charge on any atom is -0.397 e. The van der Waals surface area contributed by atoms with Crippen LogP contribution in [0.4, 0.5) is 11.4 Å². The zero-order chi connectivity index (χ0) is 13.9. The van der Waals surface area contributed by atoms with Crippen LogP contribution in [0.2, 0.25) is 0 Å². The zero-order valence-electron chi connectivity index (χ0n) is 9.97. The van der Waals surface area contributed by atoms with Gasteiger partial charge in [-0.2, -0.15) is 5.26 Å². The number of nitrogens with one attached hydrogen (secondary N) is 1. The summed E-state index contributed by atoms with van der Waals surface area (Å²) in [6, 6.07) is 6.25. The first-order valence-electron chi connectivity index (χ1n) is 5.05. The van der Waals surface area contributed by atoms with Crippen LogP contribution in [0.3, 0.4) is 0 Å². The highest BCUT2D eigenvalue weighted by molar-refractivity contribution is 7.92. The summed E-state index contributed by atoms with van der Waals surface area (Å²) < 4.78 is 22.4. The van der Waals surface area contributed by atoms with E-state index in [0.29, 0.717) is 5.56 Å². The van der Waals surface area contributed by atoms with Gasteiger partial charge < -0.3 is 11.1 Å². The maximum Gasteiger partial charge on any atom is 0.242 e. The van der Waals surface area contributed by atoms with Crippen molar-refractivity contribution in [2.45, 2.75) is 12.2 Å². The number of nitriles is 1. The van der Waals surface area contributed by atoms with Crippen molar-refractivity contribution in [2.24, 2.45) is 0 Å². The molecule has 0 aliphatic heterocycles. The lowest BCUT2D eigenvalue weighted by Crippen LogP contribution is -2.32. The average molecular weight is 267 g/mol. The molecule has 7 heteroatoms. The molecule has 1 rings (SSSR count). The van der Waals surface area contributed by atoms with E-state index in [2.05, 4.69) is 5.32 Å². The van der Waals surface area contributed by atoms with Gasteiger partial charge in [0.1, 0.15) is 5.25 Å². The van der Waals surface area contributed by atoms with Gasteiger partial charge in [-0.15, -0.1) is 0 Å². The van der Waals surface area contributed by atoms with Gasteiger partial charge in [-0.1, -0.05) is 0 Å². The van der Waals surface area contributed by atoms with Gasteiger partial charge in [0.25, 0.3) is 0 Å². The van der Waals surface area contributed by atoms with Gasteiger partial charge in [-0.3, -0.25) is 4.79 Å². The highest BCUT2D eigenvalue weighted by atomic mass is 32.2. The number of amides is 1. The first kappa shape index (κ1) is 14.0. The first-order chi connectivity index (χ1) is 8.25. The van der Waals surface area contributed by atoms with Gasteiger partial charge >= 0.3 is 0 Å². The van der Waals surface area contributed by atoms with E-state index in [1.54, 1.807) is 0 Å². The third-order valence-electron chi connectivity index (χ3n) is 2.45. The van der Waals surface area contributed by atoms with Gasteiger partial charge in [-0.05, 0) is 25.1 Å². The number of carbonyl (C=O) groups excluding carboxylic acids is 1. The van der Waals surface area contributed by atoms with Crippen molar-refractivity contribution in [1.29, 1.82) is 5.26 Å². The molecule has 0 saturated carbocycles. The number of hydrogen-bond donors (Lipinski definition) is 2. The molecule has 0 spiro atoms. The second-order valence-electron chi connectivity index (χ2n) is 3.87. The van der Waals surface area contributed by atoms with Gasteiger partial charge in [-0.25, -0.2) is 8.42 Å². The fraction of sp³-hybridized carbons (Fsp3) is 0.273. The highest BCUT2D eigenvalue weighted by Gasteiger charge is 2.23. The monoisotopic (exact) mass is 267 g/mol. The number of anilines is 2. The van der Waals surface area contributed by atoms with Crippen LogP contribution in [-0.2, 0) is 14.6 Å². The smallest absolute Gasteiger partial charge is 0.242 e. The molecule has 0 fully saturated rings. The van der Waals surface area contributed by atoms with E-state index >= 15 is 0 Å². The average Bonchev–Trinajstić information content (AvgIpc) is 2.29. The zero-order valence-corrected chi connectivity index (χ0v) is 10.8. The largest absolute Gasteiger partial charge is 0.397 e. The van der Waals surface area contributed by atoms with Gasteiger partial charge in [0, 0.05) is 6.26 Å². The molecule has 0 saturated heterocycles. The molecule has 3 N–H and O–H groups in total. The lowest BCUT2D eigenvalue weighted by Gasteiger charge is -2.12. The number of rotatable bonds is 3. The molecular weight excluding hydrogens is 254 g/mol. The summed E-state index contributed by atoms with van der Waals surface area (Å²) in [5.74, 6) is -0.658. The van der Waals surface area contributed by atoms with Crippen LogP contribution in [-0.4, -0.2) is 25.8 Å². The van der Waals surface area contributed by atoms with E-state index in [1.807, 2.05) is 6.07 Å². The molecule has 96 valence electrons. The molecule has 1 unspecified atom stereocenters. The van der Waals surface area contributed by atoms with E-state index in [1.165, 1.54) is 25.1 Å². The number of hydrogen-bond acceptors (Lipinski definition) is 5. The number of carbonyl (C=O) groups is 1. The summed E-state index contributed by atoms with van der Waals surface area (Å²) in [6.45, 7) is 1.30. The summed E-state index contributed by atoms with van der Waals surface area (Å²) in [5.41, 5.74) is 6.50. The van der Waals surface area contributed by atoms with Crippen molar-refractivity contribution in [3.8, 4) is 6.07 Å². The Morgan fingerprint density at radius 2 is 2.11 bits per heavy atom. The lowest BCUT2D eigenvalue weighted by molar-refractivity contribution is -0.115. The molecular formula is C11H13N3O3S. The van der Waals surface area contributed by atoms with E-state index in [9.17, 15) is 13.2 Å². The lowest BCUT2D eigenvalue weighted by atomic mass is 10.2. The highest BCUT2D eigenvalue weighted by Crippen LogP contribution is 2.20. The Morgan fingerprint density at radius 1 is 1.50 bits per heavy atom. The Hall–Kier alpha value is -2.07. The first-order valence-corrected chi connectivity index (χ1v) is 7.00. The van der Waals surface area contributed by atoms with E-state index in [0.717, 1.165) is 6.26 Å². The van der Waals surface area contributed by atoms with Crippen molar-refractivity contribution in [3.05, 3.63) is 23.8 Å². The molecule has 0 heterocycles. The number of nitrogen functional groups attached to an aromatic ring is 1. The summed E-state index contributed by atoms with van der Waals surface area (Å²) >= 11 is 0. The topological polar surface area (TPSA) is 113 Å². The molecule has 0 radical (unpaired) electrons. The van der Waals surface area contributed by atoms with Crippen molar-refractivity contribution in [2.75, 3.05) is 17.3 Å². The van der Waals surface area contributed by atoms with Crippen molar-refractivity contribution >= 4 is 27.1 Å². The van der Waals surface area contributed by atoms with Gasteiger partial charge in [0.15, 0.2) is 9.84 Å². The Labute approximate surface area is 105 Å². The Morgan fingerprint density at radius 3 is 2.56 bits per heavy atom. The molecule has 1 amide bonds. The second-order valence-corrected chi connectivity index (χ2v) is 6.24. The van der Waals surface area contributed by atoms with Crippen molar-refractivity contribution in [1.82, 2.24) is 0 Å². The fourth-order valence-electron chi connectivity index (χ4n) is 1.17. The molecule has 0 aromatic heterocycles. The maximum absolute atomic E-state index is 11.7. The van der Waals surface area contributed by atoms with E-state index in [-0.39, 0.29) is 11.4 Å². The standard InChI is InChI=1S/C11H13N3O3S/c1-7(18(2,16)17)11(15)14-10-4-3-8(6-12)5-9(10)13/h3-5,7H,13H2,1-2H3,(H,14,15). The number of sulfone groups is 1. The van der Waals surface area contributed by atoms with Crippen LogP contribution < -0.4 is 11.1 Å².